The molecule has 0 amide bonds. The highest BCUT2D eigenvalue weighted by atomic mass is 15.1. The molecule has 2 aromatic carbocycles. The molecule has 23 heavy (non-hydrogen) atoms. The molecule has 0 fully saturated rings. The van der Waals surface area contributed by atoms with Gasteiger partial charge in [0.05, 0.1) is 18.2 Å². The lowest BCUT2D eigenvalue weighted by atomic mass is 10.0. The molecule has 0 radical (unpaired) electrons. The Kier molecular flexibility index (Phi) is 5.76. The molecular weight excluding hydrogens is 284 g/mol. The first kappa shape index (κ1) is 16.6. The van der Waals surface area contributed by atoms with Gasteiger partial charge < -0.3 is 11.1 Å². The van der Waals surface area contributed by atoms with Crippen molar-refractivity contribution in [2.45, 2.75) is 33.2 Å². The minimum absolute atomic E-state index is 0.392. The van der Waals surface area contributed by atoms with Crippen LogP contribution in [0.25, 0.3) is 0 Å². The quantitative estimate of drug-likeness (QED) is 0.654. The first-order valence-corrected chi connectivity index (χ1v) is 7.84. The third-order valence-electron chi connectivity index (χ3n) is 3.74. The summed E-state index contributed by atoms with van der Waals surface area (Å²) in [6.07, 6.45) is 1.88. The van der Waals surface area contributed by atoms with E-state index in [0.717, 1.165) is 24.1 Å². The first-order valence-electron chi connectivity index (χ1n) is 7.84. The maximum Gasteiger partial charge on any atom is 0.193 e. The minimum atomic E-state index is 0.392. The van der Waals surface area contributed by atoms with E-state index >= 15 is 0 Å². The fourth-order valence-electron chi connectivity index (χ4n) is 2.49. The summed E-state index contributed by atoms with van der Waals surface area (Å²) in [4.78, 5) is 4.39. The van der Waals surface area contributed by atoms with E-state index in [9.17, 15) is 0 Å². The van der Waals surface area contributed by atoms with Gasteiger partial charge in [0.25, 0.3) is 0 Å². The smallest absolute Gasteiger partial charge is 0.193 e. The second kappa shape index (κ2) is 8.00. The van der Waals surface area contributed by atoms with Gasteiger partial charge in [-0.25, -0.2) is 4.99 Å². The second-order valence-electron chi connectivity index (χ2n) is 5.30. The van der Waals surface area contributed by atoms with Crippen LogP contribution in [-0.2, 0) is 19.4 Å². The lowest BCUT2D eigenvalue weighted by Gasteiger charge is -2.14. The van der Waals surface area contributed by atoms with E-state index in [0.29, 0.717) is 18.1 Å². The lowest BCUT2D eigenvalue weighted by Crippen LogP contribution is -2.24. The Labute approximate surface area is 137 Å². The molecular formula is C19H22N4. The van der Waals surface area contributed by atoms with Crippen molar-refractivity contribution in [3.8, 4) is 6.07 Å². The summed E-state index contributed by atoms with van der Waals surface area (Å²) in [5.74, 6) is 0.392. The molecule has 4 heteroatoms. The number of para-hydroxylation sites is 1. The number of hydrogen-bond donors (Lipinski definition) is 2. The van der Waals surface area contributed by atoms with Crippen molar-refractivity contribution in [3.05, 3.63) is 64.7 Å². The maximum absolute atomic E-state index is 8.93. The van der Waals surface area contributed by atoms with Crippen LogP contribution in [0.3, 0.4) is 0 Å². The van der Waals surface area contributed by atoms with Crippen LogP contribution in [0.5, 0.6) is 0 Å². The molecule has 0 aromatic heterocycles. The third kappa shape index (κ3) is 4.33. The van der Waals surface area contributed by atoms with Crippen LogP contribution >= 0.6 is 0 Å². The van der Waals surface area contributed by atoms with Gasteiger partial charge in [-0.05, 0) is 41.7 Å². The van der Waals surface area contributed by atoms with Crippen molar-refractivity contribution in [3.63, 3.8) is 0 Å². The number of benzene rings is 2. The summed E-state index contributed by atoms with van der Waals surface area (Å²) in [6.45, 7) is 4.70. The van der Waals surface area contributed by atoms with Gasteiger partial charge >= 0.3 is 0 Å². The summed E-state index contributed by atoms with van der Waals surface area (Å²) < 4.78 is 0. The second-order valence-corrected chi connectivity index (χ2v) is 5.30. The van der Waals surface area contributed by atoms with E-state index in [2.05, 4.69) is 48.4 Å². The molecule has 0 unspecified atom stereocenters. The van der Waals surface area contributed by atoms with Crippen LogP contribution in [-0.4, -0.2) is 5.96 Å². The van der Waals surface area contributed by atoms with Gasteiger partial charge in [0.2, 0.25) is 0 Å². The number of aliphatic imine (C=N–C) groups is 1. The SMILES string of the molecule is CCc1cccc(CC)c1NC(N)=NCc1cccc(C#N)c1. The molecule has 0 aliphatic carbocycles. The van der Waals surface area contributed by atoms with E-state index in [1.807, 2.05) is 18.2 Å². The van der Waals surface area contributed by atoms with Crippen molar-refractivity contribution in [1.29, 1.82) is 5.26 Å². The van der Waals surface area contributed by atoms with Crippen molar-refractivity contribution in [1.82, 2.24) is 0 Å². The first-order chi connectivity index (χ1) is 11.2. The fourth-order valence-corrected chi connectivity index (χ4v) is 2.49. The van der Waals surface area contributed by atoms with Crippen LogP contribution in [0.2, 0.25) is 0 Å². The Morgan fingerprint density at radius 2 is 1.78 bits per heavy atom. The Morgan fingerprint density at radius 3 is 2.39 bits per heavy atom. The Morgan fingerprint density at radius 1 is 1.13 bits per heavy atom. The molecule has 3 N–H and O–H groups in total. The van der Waals surface area contributed by atoms with E-state index in [1.165, 1.54) is 11.1 Å². The Balaban J connectivity index is 2.15. The largest absolute Gasteiger partial charge is 0.370 e. The number of aryl methyl sites for hydroxylation is 2. The monoisotopic (exact) mass is 306 g/mol. The van der Waals surface area contributed by atoms with E-state index < -0.39 is 0 Å². The van der Waals surface area contributed by atoms with Crippen molar-refractivity contribution in [2.24, 2.45) is 10.7 Å². The van der Waals surface area contributed by atoms with Crippen LogP contribution in [0.15, 0.2) is 47.5 Å². The zero-order valence-corrected chi connectivity index (χ0v) is 13.6. The van der Waals surface area contributed by atoms with Gasteiger partial charge in [-0.2, -0.15) is 5.26 Å². The molecule has 0 bridgehead atoms. The van der Waals surface area contributed by atoms with Gasteiger partial charge in [-0.1, -0.05) is 44.2 Å². The van der Waals surface area contributed by atoms with Crippen LogP contribution in [0.4, 0.5) is 5.69 Å². The Hall–Kier alpha value is -2.80. The van der Waals surface area contributed by atoms with Gasteiger partial charge in [0.1, 0.15) is 0 Å². The molecule has 0 aliphatic rings. The summed E-state index contributed by atoms with van der Waals surface area (Å²) in [6, 6.07) is 15.8. The fraction of sp³-hybridized carbons (Fsp3) is 0.263. The summed E-state index contributed by atoms with van der Waals surface area (Å²) in [7, 11) is 0. The molecule has 0 aliphatic heterocycles. The highest BCUT2D eigenvalue weighted by Crippen LogP contribution is 2.22. The van der Waals surface area contributed by atoms with Crippen molar-refractivity contribution >= 4 is 11.6 Å². The standard InChI is InChI=1S/C19H22N4/c1-3-16-9-6-10-17(4-2)18(16)23-19(21)22-13-15-8-5-7-14(11-15)12-20/h5-11H,3-4,13H2,1-2H3,(H3,21,22,23). The molecule has 0 saturated carbocycles. The zero-order chi connectivity index (χ0) is 16.7. The van der Waals surface area contributed by atoms with Crippen molar-refractivity contribution < 1.29 is 0 Å². The zero-order valence-electron chi connectivity index (χ0n) is 13.6. The normalized spacial score (nSPS) is 11.1. The van der Waals surface area contributed by atoms with E-state index in [-0.39, 0.29) is 0 Å². The van der Waals surface area contributed by atoms with Gasteiger partial charge in [-0.15, -0.1) is 0 Å². The van der Waals surface area contributed by atoms with Gasteiger partial charge in [0.15, 0.2) is 5.96 Å². The molecule has 2 aromatic rings. The highest BCUT2D eigenvalue weighted by Gasteiger charge is 2.07. The number of hydrogen-bond acceptors (Lipinski definition) is 2. The molecule has 118 valence electrons. The van der Waals surface area contributed by atoms with Crippen LogP contribution in [0.1, 0.15) is 36.1 Å². The number of anilines is 1. The molecule has 0 spiro atoms. The van der Waals surface area contributed by atoms with E-state index in [4.69, 9.17) is 11.0 Å². The maximum atomic E-state index is 8.93. The van der Waals surface area contributed by atoms with Crippen molar-refractivity contribution in [2.75, 3.05) is 5.32 Å². The molecule has 2 rings (SSSR count). The minimum Gasteiger partial charge on any atom is -0.370 e. The van der Waals surface area contributed by atoms with Crippen LogP contribution in [0, 0.1) is 11.3 Å². The number of nitriles is 1. The third-order valence-corrected chi connectivity index (χ3v) is 3.74. The number of nitrogens with two attached hydrogens (primary N) is 1. The average Bonchev–Trinajstić information content (AvgIpc) is 2.60. The molecule has 0 atom stereocenters. The summed E-state index contributed by atoms with van der Waals surface area (Å²) in [5.41, 5.74) is 11.2. The summed E-state index contributed by atoms with van der Waals surface area (Å²) >= 11 is 0. The van der Waals surface area contributed by atoms with Gasteiger partial charge in [-0.3, -0.25) is 0 Å². The molecule has 0 saturated heterocycles. The molecule has 0 heterocycles. The average molecular weight is 306 g/mol. The number of nitrogens with one attached hydrogen (secondary N) is 1. The number of guanidine groups is 1. The lowest BCUT2D eigenvalue weighted by molar-refractivity contribution is 1.05. The van der Waals surface area contributed by atoms with Crippen LogP contribution < -0.4 is 11.1 Å². The predicted octanol–water partition coefficient (Wildman–Crippen LogP) is 3.61. The number of nitrogens with zero attached hydrogens (tertiary/aromatic N) is 2. The van der Waals surface area contributed by atoms with E-state index in [1.54, 1.807) is 6.07 Å². The van der Waals surface area contributed by atoms with Gasteiger partial charge in [0, 0.05) is 5.69 Å². The number of rotatable bonds is 5. The highest BCUT2D eigenvalue weighted by molar-refractivity contribution is 5.93. The topological polar surface area (TPSA) is 74.2 Å². The Bertz CT molecular complexity index is 719. The predicted molar refractivity (Wildman–Crippen MR) is 95.3 cm³/mol. The molecule has 4 nitrogen and oxygen atoms in total. The summed E-state index contributed by atoms with van der Waals surface area (Å²) in [5, 5.41) is 12.2.